The van der Waals surface area contributed by atoms with E-state index in [9.17, 15) is 14.0 Å². The fourth-order valence-corrected chi connectivity index (χ4v) is 5.45. The molecule has 37 heavy (non-hydrogen) atoms. The molecule has 0 radical (unpaired) electrons. The summed E-state index contributed by atoms with van der Waals surface area (Å²) in [5.74, 6) is -0.875. The van der Waals surface area contributed by atoms with E-state index in [1.807, 2.05) is 73.7 Å². The van der Waals surface area contributed by atoms with Crippen molar-refractivity contribution in [2.75, 3.05) is 17.2 Å². The predicted octanol–water partition coefficient (Wildman–Crippen LogP) is 6.48. The number of nitrogens with one attached hydrogen (secondary N) is 2. The number of carbonyl (C=O) groups excluding carboxylic acids is 2. The van der Waals surface area contributed by atoms with Gasteiger partial charge in [-0.2, -0.15) is 5.06 Å². The summed E-state index contributed by atoms with van der Waals surface area (Å²) in [4.78, 5) is 35.4. The topological polar surface area (TPSA) is 83.6 Å². The number of hydrogen-bond donors (Lipinski definition) is 2. The second-order valence-electron chi connectivity index (χ2n) is 9.38. The van der Waals surface area contributed by atoms with Gasteiger partial charge in [-0.05, 0) is 53.8 Å². The molecule has 1 aliphatic carbocycles. The van der Waals surface area contributed by atoms with Crippen molar-refractivity contribution in [3.8, 4) is 11.1 Å². The number of amides is 3. The molecule has 1 aromatic heterocycles. The number of halogens is 1. The number of aromatic nitrogens is 1. The van der Waals surface area contributed by atoms with E-state index < -0.39 is 12.1 Å². The van der Waals surface area contributed by atoms with Crippen LogP contribution in [-0.4, -0.2) is 34.8 Å². The summed E-state index contributed by atoms with van der Waals surface area (Å²) in [5, 5.41) is 7.64. The third-order valence-electron chi connectivity index (χ3n) is 6.77. The maximum absolute atomic E-state index is 13.2. The van der Waals surface area contributed by atoms with E-state index >= 15 is 0 Å². The van der Waals surface area contributed by atoms with E-state index in [1.54, 1.807) is 0 Å². The summed E-state index contributed by atoms with van der Waals surface area (Å²) < 4.78 is 14.1. The number of hydrogen-bond acceptors (Lipinski definition) is 5. The van der Waals surface area contributed by atoms with Crippen molar-refractivity contribution < 1.29 is 18.8 Å². The van der Waals surface area contributed by atoms with Crippen LogP contribution in [0.25, 0.3) is 21.3 Å². The van der Waals surface area contributed by atoms with E-state index in [1.165, 1.54) is 16.4 Å². The number of carbonyl (C=O) groups is 2. The third-order valence-corrected chi connectivity index (χ3v) is 7.70. The number of rotatable bonds is 5. The Labute approximate surface area is 217 Å². The molecular weight excluding hydrogens is 491 g/mol. The smallest absolute Gasteiger partial charge is 0.306 e. The van der Waals surface area contributed by atoms with Crippen LogP contribution >= 0.6 is 11.3 Å². The molecule has 2 aliphatic rings. The standard InChI is InChI=1S/C28H25FN4O3S/c1-16-7-8-18(13-23(16)31-28(35)33-24(11-12-36-33)17-5-3-2-4-6-17)19-9-10-22-25(14-19)37-27(30-22)32-26(34)20-15-21(20)29/h2-10,13-14,20-21,24H,11-12,15H2,1H3,(H,31,35)(H,30,32,34)/t20-,21+,24?/m1/s1. The molecular formula is C28H25FN4O3S. The van der Waals surface area contributed by atoms with E-state index in [4.69, 9.17) is 4.84 Å². The van der Waals surface area contributed by atoms with Crippen LogP contribution in [0.2, 0.25) is 0 Å². The average Bonchev–Trinajstić information content (AvgIpc) is 3.28. The Kier molecular flexibility index (Phi) is 6.10. The highest BCUT2D eigenvalue weighted by atomic mass is 32.1. The van der Waals surface area contributed by atoms with Gasteiger partial charge in [0.25, 0.3) is 0 Å². The van der Waals surface area contributed by atoms with Crippen LogP contribution in [0.1, 0.15) is 30.0 Å². The summed E-state index contributed by atoms with van der Waals surface area (Å²) in [6.07, 6.45) is -0.0225. The first-order valence-corrected chi connectivity index (χ1v) is 13.0. The van der Waals surface area contributed by atoms with Crippen molar-refractivity contribution in [2.45, 2.75) is 32.0 Å². The van der Waals surface area contributed by atoms with Crippen LogP contribution in [0.5, 0.6) is 0 Å². The maximum Gasteiger partial charge on any atom is 0.346 e. The van der Waals surface area contributed by atoms with E-state index in [2.05, 4.69) is 15.6 Å². The fraction of sp³-hybridized carbons (Fsp3) is 0.250. The quantitative estimate of drug-likeness (QED) is 0.318. The lowest BCUT2D eigenvalue weighted by molar-refractivity contribution is -0.117. The van der Waals surface area contributed by atoms with Gasteiger partial charge < -0.3 is 10.6 Å². The molecule has 7 nitrogen and oxygen atoms in total. The number of thiazole rings is 1. The number of benzene rings is 3. The highest BCUT2D eigenvalue weighted by Crippen LogP contribution is 2.37. The van der Waals surface area contributed by atoms with E-state index in [-0.39, 0.29) is 24.4 Å². The molecule has 9 heteroatoms. The third kappa shape index (κ3) is 4.80. The van der Waals surface area contributed by atoms with Gasteiger partial charge in [0.1, 0.15) is 6.17 Å². The van der Waals surface area contributed by atoms with Crippen molar-refractivity contribution in [3.05, 3.63) is 77.9 Å². The SMILES string of the molecule is Cc1ccc(-c2ccc3nc(NC(=O)[C@@H]4C[C@@H]4F)sc3c2)cc1NC(=O)N1OCCC1c1ccccc1. The lowest BCUT2D eigenvalue weighted by atomic mass is 10.0. The predicted molar refractivity (Wildman–Crippen MR) is 142 cm³/mol. The van der Waals surface area contributed by atoms with Crippen molar-refractivity contribution >= 4 is 44.3 Å². The molecule has 3 atom stereocenters. The zero-order valence-corrected chi connectivity index (χ0v) is 20.9. The molecule has 6 rings (SSSR count). The monoisotopic (exact) mass is 516 g/mol. The second-order valence-corrected chi connectivity index (χ2v) is 10.4. The van der Waals surface area contributed by atoms with Gasteiger partial charge in [0.15, 0.2) is 5.13 Å². The molecule has 0 bridgehead atoms. The Bertz CT molecular complexity index is 1490. The Morgan fingerprint density at radius 2 is 1.81 bits per heavy atom. The number of aryl methyl sites for hydroxylation is 1. The van der Waals surface area contributed by atoms with Crippen LogP contribution in [-0.2, 0) is 9.63 Å². The summed E-state index contributed by atoms with van der Waals surface area (Å²) in [6.45, 7) is 2.43. The van der Waals surface area contributed by atoms with Crippen LogP contribution in [0.4, 0.5) is 20.0 Å². The minimum Gasteiger partial charge on any atom is -0.306 e. The van der Waals surface area contributed by atoms with Crippen LogP contribution < -0.4 is 10.6 Å². The van der Waals surface area contributed by atoms with Crippen LogP contribution in [0.3, 0.4) is 0 Å². The second kappa shape index (κ2) is 9.57. The Morgan fingerprint density at radius 1 is 1.05 bits per heavy atom. The lowest BCUT2D eigenvalue weighted by Crippen LogP contribution is -2.33. The van der Waals surface area contributed by atoms with Crippen molar-refractivity contribution in [1.29, 1.82) is 0 Å². The van der Waals surface area contributed by atoms with E-state index in [0.29, 0.717) is 17.4 Å². The Balaban J connectivity index is 1.21. The van der Waals surface area contributed by atoms with Crippen molar-refractivity contribution in [3.63, 3.8) is 0 Å². The number of hydroxylamine groups is 2. The molecule has 188 valence electrons. The molecule has 2 heterocycles. The summed E-state index contributed by atoms with van der Waals surface area (Å²) in [5.41, 5.74) is 5.32. The normalized spacial score (nSPS) is 20.7. The molecule has 1 saturated heterocycles. The van der Waals surface area contributed by atoms with Gasteiger partial charge in [-0.3, -0.25) is 9.63 Å². The van der Waals surface area contributed by atoms with Gasteiger partial charge >= 0.3 is 6.03 Å². The number of fused-ring (bicyclic) bond motifs is 1. The minimum absolute atomic E-state index is 0.135. The molecule has 0 spiro atoms. The highest BCUT2D eigenvalue weighted by molar-refractivity contribution is 7.22. The van der Waals surface area contributed by atoms with Gasteiger partial charge in [-0.25, -0.2) is 14.2 Å². The fourth-order valence-electron chi connectivity index (χ4n) is 4.54. The first kappa shape index (κ1) is 23.6. The molecule has 3 aromatic carbocycles. The lowest BCUT2D eigenvalue weighted by Gasteiger charge is -2.23. The van der Waals surface area contributed by atoms with Gasteiger partial charge in [-0.15, -0.1) is 0 Å². The molecule has 2 N–H and O–H groups in total. The number of anilines is 2. The van der Waals surface area contributed by atoms with Gasteiger partial charge in [0, 0.05) is 12.1 Å². The average molecular weight is 517 g/mol. The minimum atomic E-state index is -1.04. The maximum atomic E-state index is 13.2. The van der Waals surface area contributed by atoms with Gasteiger partial charge in [-0.1, -0.05) is 59.9 Å². The summed E-state index contributed by atoms with van der Waals surface area (Å²) in [6, 6.07) is 21.2. The number of nitrogens with zero attached hydrogens (tertiary/aromatic N) is 2. The van der Waals surface area contributed by atoms with Crippen LogP contribution in [0, 0.1) is 12.8 Å². The van der Waals surface area contributed by atoms with E-state index in [0.717, 1.165) is 38.9 Å². The van der Waals surface area contributed by atoms with Crippen molar-refractivity contribution in [2.24, 2.45) is 5.92 Å². The largest absolute Gasteiger partial charge is 0.346 e. The van der Waals surface area contributed by atoms with Gasteiger partial charge in [0.2, 0.25) is 5.91 Å². The summed E-state index contributed by atoms with van der Waals surface area (Å²) in [7, 11) is 0. The molecule has 1 unspecified atom stereocenters. The molecule has 3 amide bonds. The number of alkyl halides is 1. The molecule has 1 aliphatic heterocycles. The first-order valence-electron chi connectivity index (χ1n) is 12.2. The van der Waals surface area contributed by atoms with Crippen molar-refractivity contribution in [1.82, 2.24) is 10.0 Å². The Morgan fingerprint density at radius 3 is 2.59 bits per heavy atom. The summed E-state index contributed by atoms with van der Waals surface area (Å²) >= 11 is 1.36. The molecule has 4 aromatic rings. The Hall–Kier alpha value is -3.82. The number of urea groups is 1. The highest BCUT2D eigenvalue weighted by Gasteiger charge is 2.43. The van der Waals surface area contributed by atoms with Gasteiger partial charge in [0.05, 0.1) is 28.8 Å². The zero-order valence-electron chi connectivity index (χ0n) is 20.1. The zero-order chi connectivity index (χ0) is 25.5. The molecule has 2 fully saturated rings. The van der Waals surface area contributed by atoms with Crippen LogP contribution in [0.15, 0.2) is 66.7 Å². The first-order chi connectivity index (χ1) is 18.0. The molecule has 1 saturated carbocycles.